The van der Waals surface area contributed by atoms with E-state index in [1.165, 1.54) is 0 Å². The van der Waals surface area contributed by atoms with Crippen LogP contribution in [-0.4, -0.2) is 24.2 Å². The van der Waals surface area contributed by atoms with Gasteiger partial charge < -0.3 is 15.8 Å². The number of rotatable bonds is 6. The summed E-state index contributed by atoms with van der Waals surface area (Å²) in [6.45, 7) is 4.87. The van der Waals surface area contributed by atoms with E-state index in [-0.39, 0.29) is 5.54 Å². The van der Waals surface area contributed by atoms with E-state index in [0.29, 0.717) is 6.54 Å². The summed E-state index contributed by atoms with van der Waals surface area (Å²) in [6.07, 6.45) is 3.66. The van der Waals surface area contributed by atoms with E-state index in [0.717, 1.165) is 24.4 Å². The van der Waals surface area contributed by atoms with Crippen LogP contribution in [0.2, 0.25) is 0 Å². The molecule has 0 amide bonds. The number of hydrogen-bond acceptors (Lipinski definition) is 4. The Morgan fingerprint density at radius 1 is 1.38 bits per heavy atom. The minimum absolute atomic E-state index is 0.0540. The molecule has 1 aromatic rings. The van der Waals surface area contributed by atoms with Crippen molar-refractivity contribution in [3.05, 3.63) is 18.3 Å². The van der Waals surface area contributed by atoms with E-state index < -0.39 is 0 Å². The first-order chi connectivity index (χ1) is 7.69. The summed E-state index contributed by atoms with van der Waals surface area (Å²) in [5.41, 5.74) is 5.76. The SMILES string of the molecule is CCC(CC)(CN)Nc1ccc(OC)cn1. The van der Waals surface area contributed by atoms with Gasteiger partial charge in [0.25, 0.3) is 0 Å². The largest absolute Gasteiger partial charge is 0.495 e. The van der Waals surface area contributed by atoms with Crippen LogP contribution >= 0.6 is 0 Å². The Bertz CT molecular complexity index is 298. The zero-order valence-corrected chi connectivity index (χ0v) is 10.3. The zero-order chi connectivity index (χ0) is 12.0. The second kappa shape index (κ2) is 5.70. The lowest BCUT2D eigenvalue weighted by Gasteiger charge is -2.32. The summed E-state index contributed by atoms with van der Waals surface area (Å²) in [5, 5.41) is 3.40. The quantitative estimate of drug-likeness (QED) is 0.774. The molecule has 90 valence electrons. The van der Waals surface area contributed by atoms with Gasteiger partial charge in [0.1, 0.15) is 11.6 Å². The molecule has 0 saturated carbocycles. The van der Waals surface area contributed by atoms with Gasteiger partial charge in [0, 0.05) is 6.54 Å². The summed E-state index contributed by atoms with van der Waals surface area (Å²) in [7, 11) is 1.63. The van der Waals surface area contributed by atoms with E-state index >= 15 is 0 Å². The molecule has 4 nitrogen and oxygen atoms in total. The molecule has 1 rings (SSSR count). The molecule has 0 aliphatic rings. The second-order valence-electron chi connectivity index (χ2n) is 3.90. The van der Waals surface area contributed by atoms with Crippen LogP contribution in [0.4, 0.5) is 5.82 Å². The van der Waals surface area contributed by atoms with Gasteiger partial charge in [0.2, 0.25) is 0 Å². The summed E-state index contributed by atoms with van der Waals surface area (Å²) in [5.74, 6) is 1.60. The number of nitrogens with zero attached hydrogens (tertiary/aromatic N) is 1. The molecule has 3 N–H and O–H groups in total. The van der Waals surface area contributed by atoms with Crippen LogP contribution in [0.3, 0.4) is 0 Å². The van der Waals surface area contributed by atoms with Crippen LogP contribution in [0.15, 0.2) is 18.3 Å². The lowest BCUT2D eigenvalue weighted by Crippen LogP contribution is -2.44. The van der Waals surface area contributed by atoms with E-state index in [1.54, 1.807) is 13.3 Å². The Morgan fingerprint density at radius 2 is 2.06 bits per heavy atom. The average molecular weight is 223 g/mol. The van der Waals surface area contributed by atoms with Gasteiger partial charge in [-0.3, -0.25) is 0 Å². The first-order valence-corrected chi connectivity index (χ1v) is 5.68. The third kappa shape index (κ3) is 2.85. The van der Waals surface area contributed by atoms with Gasteiger partial charge in [0.15, 0.2) is 0 Å². The van der Waals surface area contributed by atoms with Crippen molar-refractivity contribution in [1.82, 2.24) is 4.98 Å². The number of ether oxygens (including phenoxy) is 1. The Hall–Kier alpha value is -1.29. The average Bonchev–Trinajstić information content (AvgIpc) is 2.37. The van der Waals surface area contributed by atoms with Crippen LogP contribution in [0.25, 0.3) is 0 Å². The van der Waals surface area contributed by atoms with E-state index in [4.69, 9.17) is 10.5 Å². The topological polar surface area (TPSA) is 60.2 Å². The zero-order valence-electron chi connectivity index (χ0n) is 10.3. The molecule has 0 aromatic carbocycles. The van der Waals surface area contributed by atoms with Crippen LogP contribution in [0.5, 0.6) is 5.75 Å². The van der Waals surface area contributed by atoms with Gasteiger partial charge in [-0.15, -0.1) is 0 Å². The maximum atomic E-state index is 5.82. The number of aromatic nitrogens is 1. The molecule has 0 bridgehead atoms. The minimum atomic E-state index is -0.0540. The smallest absolute Gasteiger partial charge is 0.137 e. The highest BCUT2D eigenvalue weighted by Gasteiger charge is 2.24. The molecule has 0 unspecified atom stereocenters. The lowest BCUT2D eigenvalue weighted by atomic mass is 9.93. The molecule has 1 aromatic heterocycles. The van der Waals surface area contributed by atoms with Crippen LogP contribution in [0.1, 0.15) is 26.7 Å². The standard InChI is InChI=1S/C12H21N3O/c1-4-12(5-2,9-13)15-11-7-6-10(16-3)8-14-11/h6-8H,4-5,9,13H2,1-3H3,(H,14,15). The van der Waals surface area contributed by atoms with Crippen molar-refractivity contribution in [2.75, 3.05) is 19.0 Å². The molecule has 1 heterocycles. The first kappa shape index (κ1) is 12.8. The third-order valence-electron chi connectivity index (χ3n) is 3.11. The fourth-order valence-corrected chi connectivity index (χ4v) is 1.61. The van der Waals surface area contributed by atoms with E-state index in [1.807, 2.05) is 12.1 Å². The molecule has 16 heavy (non-hydrogen) atoms. The molecule has 0 fully saturated rings. The molecule has 0 aliphatic heterocycles. The number of methoxy groups -OCH3 is 1. The molecule has 0 spiro atoms. The Kier molecular flexibility index (Phi) is 4.55. The van der Waals surface area contributed by atoms with Gasteiger partial charge in [-0.2, -0.15) is 0 Å². The molecular weight excluding hydrogens is 202 g/mol. The van der Waals surface area contributed by atoms with Gasteiger partial charge in [-0.25, -0.2) is 4.98 Å². The van der Waals surface area contributed by atoms with Crippen molar-refractivity contribution in [2.45, 2.75) is 32.2 Å². The molecule has 0 aliphatic carbocycles. The van der Waals surface area contributed by atoms with Gasteiger partial charge in [0.05, 0.1) is 18.8 Å². The summed E-state index contributed by atoms with van der Waals surface area (Å²) in [6, 6.07) is 3.80. The van der Waals surface area contributed by atoms with E-state index in [9.17, 15) is 0 Å². The minimum Gasteiger partial charge on any atom is -0.495 e. The maximum absolute atomic E-state index is 5.82. The number of hydrogen-bond donors (Lipinski definition) is 2. The molecule has 0 atom stereocenters. The molecular formula is C12H21N3O. The van der Waals surface area contributed by atoms with Gasteiger partial charge in [-0.05, 0) is 25.0 Å². The summed E-state index contributed by atoms with van der Waals surface area (Å²) >= 11 is 0. The van der Waals surface area contributed by atoms with Crippen molar-refractivity contribution in [3.8, 4) is 5.75 Å². The van der Waals surface area contributed by atoms with Crippen molar-refractivity contribution in [2.24, 2.45) is 5.73 Å². The summed E-state index contributed by atoms with van der Waals surface area (Å²) in [4.78, 5) is 4.29. The highest BCUT2D eigenvalue weighted by molar-refractivity contribution is 5.40. The Balaban J connectivity index is 2.77. The Morgan fingerprint density at radius 3 is 2.44 bits per heavy atom. The fraction of sp³-hybridized carbons (Fsp3) is 0.583. The van der Waals surface area contributed by atoms with Crippen LogP contribution < -0.4 is 15.8 Å². The maximum Gasteiger partial charge on any atom is 0.137 e. The van der Waals surface area contributed by atoms with Gasteiger partial charge in [-0.1, -0.05) is 13.8 Å². The number of anilines is 1. The highest BCUT2D eigenvalue weighted by Crippen LogP contribution is 2.21. The number of pyridine rings is 1. The molecule has 0 saturated heterocycles. The van der Waals surface area contributed by atoms with Crippen LogP contribution in [0, 0.1) is 0 Å². The fourth-order valence-electron chi connectivity index (χ4n) is 1.61. The van der Waals surface area contributed by atoms with E-state index in [2.05, 4.69) is 24.1 Å². The van der Waals surface area contributed by atoms with Crippen molar-refractivity contribution in [3.63, 3.8) is 0 Å². The Labute approximate surface area is 97.2 Å². The highest BCUT2D eigenvalue weighted by atomic mass is 16.5. The van der Waals surface area contributed by atoms with Crippen LogP contribution in [-0.2, 0) is 0 Å². The predicted octanol–water partition coefficient (Wildman–Crippen LogP) is 2.02. The predicted molar refractivity (Wildman–Crippen MR) is 66.8 cm³/mol. The lowest BCUT2D eigenvalue weighted by molar-refractivity contribution is 0.412. The summed E-state index contributed by atoms with van der Waals surface area (Å²) < 4.78 is 5.06. The van der Waals surface area contributed by atoms with Crippen molar-refractivity contribution in [1.29, 1.82) is 0 Å². The van der Waals surface area contributed by atoms with Crippen molar-refractivity contribution < 1.29 is 4.74 Å². The molecule has 0 radical (unpaired) electrons. The monoisotopic (exact) mass is 223 g/mol. The first-order valence-electron chi connectivity index (χ1n) is 5.68. The second-order valence-corrected chi connectivity index (χ2v) is 3.90. The number of nitrogens with two attached hydrogens (primary N) is 1. The normalized spacial score (nSPS) is 11.2. The third-order valence-corrected chi connectivity index (χ3v) is 3.11. The number of nitrogens with one attached hydrogen (secondary N) is 1. The molecule has 4 heteroatoms. The van der Waals surface area contributed by atoms with Gasteiger partial charge >= 0.3 is 0 Å². The van der Waals surface area contributed by atoms with Crippen molar-refractivity contribution >= 4 is 5.82 Å².